The fourth-order valence-electron chi connectivity index (χ4n) is 1.60. The van der Waals surface area contributed by atoms with E-state index in [1.54, 1.807) is 0 Å². The summed E-state index contributed by atoms with van der Waals surface area (Å²) in [7, 11) is 0. The Morgan fingerprint density at radius 1 is 1.47 bits per heavy atom. The van der Waals surface area contributed by atoms with Gasteiger partial charge in [0.15, 0.2) is 0 Å². The molecule has 82 valence electrons. The SMILES string of the molecule is CCc1cc(CCl)cc(OC2CCC2)n1. The molecule has 0 atom stereocenters. The number of aryl methyl sites for hydroxylation is 1. The molecule has 15 heavy (non-hydrogen) atoms. The lowest BCUT2D eigenvalue weighted by Crippen LogP contribution is -2.25. The summed E-state index contributed by atoms with van der Waals surface area (Å²) in [6.45, 7) is 2.09. The molecule has 3 heteroatoms. The van der Waals surface area contributed by atoms with Gasteiger partial charge >= 0.3 is 0 Å². The molecule has 1 heterocycles. The first-order chi connectivity index (χ1) is 7.31. The highest BCUT2D eigenvalue weighted by Crippen LogP contribution is 2.25. The molecule has 1 saturated carbocycles. The van der Waals surface area contributed by atoms with Crippen LogP contribution in [-0.2, 0) is 12.3 Å². The van der Waals surface area contributed by atoms with E-state index in [2.05, 4.69) is 11.9 Å². The number of pyridine rings is 1. The van der Waals surface area contributed by atoms with Crippen molar-refractivity contribution < 1.29 is 4.74 Å². The maximum atomic E-state index is 5.83. The highest BCUT2D eigenvalue weighted by molar-refractivity contribution is 6.17. The number of rotatable bonds is 4. The van der Waals surface area contributed by atoms with Crippen LogP contribution in [0.25, 0.3) is 0 Å². The molecule has 0 radical (unpaired) electrons. The molecule has 1 aliphatic carbocycles. The van der Waals surface area contributed by atoms with Crippen molar-refractivity contribution in [2.45, 2.75) is 44.6 Å². The smallest absolute Gasteiger partial charge is 0.214 e. The van der Waals surface area contributed by atoms with Gasteiger partial charge in [-0.2, -0.15) is 0 Å². The zero-order valence-corrected chi connectivity index (χ0v) is 9.76. The Hall–Kier alpha value is -0.760. The summed E-state index contributed by atoms with van der Waals surface area (Å²) in [5.74, 6) is 1.27. The van der Waals surface area contributed by atoms with Crippen LogP contribution in [-0.4, -0.2) is 11.1 Å². The van der Waals surface area contributed by atoms with Crippen molar-refractivity contribution in [3.8, 4) is 5.88 Å². The van der Waals surface area contributed by atoms with Crippen LogP contribution in [0.4, 0.5) is 0 Å². The molecule has 0 N–H and O–H groups in total. The van der Waals surface area contributed by atoms with Crippen molar-refractivity contribution in [3.63, 3.8) is 0 Å². The predicted molar refractivity (Wildman–Crippen MR) is 61.4 cm³/mol. The largest absolute Gasteiger partial charge is 0.474 e. The standard InChI is InChI=1S/C12H16ClNO/c1-2-10-6-9(8-13)7-12(14-10)15-11-4-3-5-11/h6-7,11H,2-5,8H2,1H3. The van der Waals surface area contributed by atoms with Crippen LogP contribution < -0.4 is 4.74 Å². The molecule has 2 rings (SSSR count). The molecule has 0 spiro atoms. The monoisotopic (exact) mass is 225 g/mol. The van der Waals surface area contributed by atoms with Crippen LogP contribution in [0.5, 0.6) is 5.88 Å². The molecule has 0 bridgehead atoms. The Kier molecular flexibility index (Phi) is 3.47. The van der Waals surface area contributed by atoms with Gasteiger partial charge in [0.05, 0.1) is 0 Å². The molecule has 0 amide bonds. The number of hydrogen-bond donors (Lipinski definition) is 0. The lowest BCUT2D eigenvalue weighted by molar-refractivity contribution is 0.114. The van der Waals surface area contributed by atoms with Gasteiger partial charge in [-0.15, -0.1) is 11.6 Å². The second-order valence-corrected chi connectivity index (χ2v) is 4.23. The van der Waals surface area contributed by atoms with Crippen LogP contribution in [0.3, 0.4) is 0 Å². The fraction of sp³-hybridized carbons (Fsp3) is 0.583. The van der Waals surface area contributed by atoms with Gasteiger partial charge < -0.3 is 4.74 Å². The Bertz CT molecular complexity index is 314. The van der Waals surface area contributed by atoms with Gasteiger partial charge in [0.25, 0.3) is 0 Å². The molecule has 1 aromatic rings. The molecule has 2 nitrogen and oxygen atoms in total. The van der Waals surface area contributed by atoms with E-state index in [0.717, 1.165) is 36.4 Å². The lowest BCUT2D eigenvalue weighted by atomic mass is 9.96. The zero-order chi connectivity index (χ0) is 10.7. The molecule has 0 aromatic carbocycles. The van der Waals surface area contributed by atoms with Crippen molar-refractivity contribution in [3.05, 3.63) is 23.4 Å². The van der Waals surface area contributed by atoms with Crippen molar-refractivity contribution in [1.82, 2.24) is 4.98 Å². The maximum Gasteiger partial charge on any atom is 0.214 e. The third-order valence-corrected chi connectivity index (χ3v) is 3.08. The third-order valence-electron chi connectivity index (χ3n) is 2.77. The van der Waals surface area contributed by atoms with Crippen LogP contribution in [0.2, 0.25) is 0 Å². The number of ether oxygens (including phenoxy) is 1. The summed E-state index contributed by atoms with van der Waals surface area (Å²) in [4.78, 5) is 4.44. The van der Waals surface area contributed by atoms with E-state index in [1.807, 2.05) is 12.1 Å². The minimum atomic E-state index is 0.382. The topological polar surface area (TPSA) is 22.1 Å². The minimum Gasteiger partial charge on any atom is -0.474 e. The summed E-state index contributed by atoms with van der Waals surface area (Å²) in [6, 6.07) is 3.99. The second-order valence-electron chi connectivity index (χ2n) is 3.96. The van der Waals surface area contributed by atoms with Gasteiger partial charge in [-0.25, -0.2) is 4.98 Å². The number of alkyl halides is 1. The quantitative estimate of drug-likeness (QED) is 0.734. The van der Waals surface area contributed by atoms with Crippen LogP contribution in [0, 0.1) is 0 Å². The summed E-state index contributed by atoms with van der Waals surface area (Å²) < 4.78 is 5.77. The maximum absolute atomic E-state index is 5.83. The van der Waals surface area contributed by atoms with Crippen molar-refractivity contribution in [1.29, 1.82) is 0 Å². The van der Waals surface area contributed by atoms with E-state index in [9.17, 15) is 0 Å². The molecule has 0 aliphatic heterocycles. The lowest BCUT2D eigenvalue weighted by Gasteiger charge is -2.26. The van der Waals surface area contributed by atoms with Gasteiger partial charge in [-0.1, -0.05) is 6.92 Å². The highest BCUT2D eigenvalue weighted by Gasteiger charge is 2.19. The van der Waals surface area contributed by atoms with Crippen molar-refractivity contribution in [2.24, 2.45) is 0 Å². The molecule has 1 aromatic heterocycles. The Balaban J connectivity index is 2.13. The average molecular weight is 226 g/mol. The molecule has 1 fully saturated rings. The average Bonchev–Trinajstić information content (AvgIpc) is 2.23. The van der Waals surface area contributed by atoms with E-state index < -0.39 is 0 Å². The first kappa shape index (κ1) is 10.7. The Morgan fingerprint density at radius 3 is 2.80 bits per heavy atom. The van der Waals surface area contributed by atoms with E-state index in [1.165, 1.54) is 6.42 Å². The first-order valence-electron chi connectivity index (χ1n) is 5.54. The van der Waals surface area contributed by atoms with E-state index in [4.69, 9.17) is 16.3 Å². The van der Waals surface area contributed by atoms with Crippen molar-refractivity contribution in [2.75, 3.05) is 0 Å². The van der Waals surface area contributed by atoms with E-state index in [-0.39, 0.29) is 0 Å². The van der Waals surface area contributed by atoms with Gasteiger partial charge in [-0.3, -0.25) is 0 Å². The molecular formula is C12H16ClNO. The fourth-order valence-corrected chi connectivity index (χ4v) is 1.75. The summed E-state index contributed by atoms with van der Waals surface area (Å²) >= 11 is 5.83. The number of halogens is 1. The van der Waals surface area contributed by atoms with Crippen molar-refractivity contribution >= 4 is 11.6 Å². The molecule has 1 aliphatic rings. The summed E-state index contributed by atoms with van der Waals surface area (Å²) in [5, 5.41) is 0. The molecule has 0 unspecified atom stereocenters. The number of hydrogen-bond acceptors (Lipinski definition) is 2. The van der Waals surface area contributed by atoms with E-state index in [0.29, 0.717) is 12.0 Å². The minimum absolute atomic E-state index is 0.382. The van der Waals surface area contributed by atoms with Gasteiger partial charge in [-0.05, 0) is 37.3 Å². The summed E-state index contributed by atoms with van der Waals surface area (Å²) in [5.41, 5.74) is 2.15. The normalized spacial score (nSPS) is 16.1. The Morgan fingerprint density at radius 2 is 2.27 bits per heavy atom. The highest BCUT2D eigenvalue weighted by atomic mass is 35.5. The summed E-state index contributed by atoms with van der Waals surface area (Å²) in [6.07, 6.45) is 4.90. The predicted octanol–water partition coefficient (Wildman–Crippen LogP) is 3.31. The van der Waals surface area contributed by atoms with Crippen LogP contribution >= 0.6 is 11.6 Å². The third kappa shape index (κ3) is 2.63. The Labute approximate surface area is 95.6 Å². The second kappa shape index (κ2) is 4.84. The number of aromatic nitrogens is 1. The molecule has 0 saturated heterocycles. The molecular weight excluding hydrogens is 210 g/mol. The van der Waals surface area contributed by atoms with Gasteiger partial charge in [0.2, 0.25) is 5.88 Å². The number of nitrogens with zero attached hydrogens (tertiary/aromatic N) is 1. The van der Waals surface area contributed by atoms with Crippen LogP contribution in [0.15, 0.2) is 12.1 Å². The van der Waals surface area contributed by atoms with Gasteiger partial charge in [0, 0.05) is 17.6 Å². The first-order valence-corrected chi connectivity index (χ1v) is 6.07. The van der Waals surface area contributed by atoms with Gasteiger partial charge in [0.1, 0.15) is 6.10 Å². The van der Waals surface area contributed by atoms with E-state index >= 15 is 0 Å². The zero-order valence-electron chi connectivity index (χ0n) is 9.00. The van der Waals surface area contributed by atoms with Crippen LogP contribution in [0.1, 0.15) is 37.4 Å².